The molecule has 2 aliphatic rings. The van der Waals surface area contributed by atoms with Crippen LogP contribution in [-0.2, 0) is 21.6 Å². The molecule has 3 rings (SSSR count). The van der Waals surface area contributed by atoms with E-state index in [1.165, 1.54) is 12.1 Å². The van der Waals surface area contributed by atoms with Gasteiger partial charge >= 0.3 is 5.97 Å². The lowest BCUT2D eigenvalue weighted by Gasteiger charge is -2.23. The largest absolute Gasteiger partial charge is 0.481 e. The molecule has 90 valence electrons. The molecule has 1 heterocycles. The maximum absolute atomic E-state index is 13.9. The number of ether oxygens (including phenoxy) is 2. The zero-order valence-electron chi connectivity index (χ0n) is 9.03. The summed E-state index contributed by atoms with van der Waals surface area (Å²) < 4.78 is 24.3. The van der Waals surface area contributed by atoms with Crippen molar-refractivity contribution in [3.05, 3.63) is 29.1 Å². The van der Waals surface area contributed by atoms with Gasteiger partial charge in [-0.25, -0.2) is 4.39 Å². The van der Waals surface area contributed by atoms with E-state index < -0.39 is 17.2 Å². The van der Waals surface area contributed by atoms with Gasteiger partial charge in [0.05, 0.1) is 12.0 Å². The molecule has 0 unspecified atom stereocenters. The van der Waals surface area contributed by atoms with E-state index in [9.17, 15) is 14.3 Å². The molecule has 1 aliphatic heterocycles. The van der Waals surface area contributed by atoms with Gasteiger partial charge in [-0.2, -0.15) is 0 Å². The lowest BCUT2D eigenvalue weighted by atomic mass is 9.90. The number of aliphatic carboxylic acids is 1. The van der Waals surface area contributed by atoms with Crippen molar-refractivity contribution < 1.29 is 23.8 Å². The molecule has 1 saturated carbocycles. The number of fused-ring (bicyclic) bond motifs is 1. The van der Waals surface area contributed by atoms with Crippen LogP contribution >= 0.6 is 0 Å². The summed E-state index contributed by atoms with van der Waals surface area (Å²) >= 11 is 0. The van der Waals surface area contributed by atoms with E-state index in [2.05, 4.69) is 0 Å². The molecular weight excluding hydrogens is 227 g/mol. The zero-order chi connectivity index (χ0) is 12.0. The van der Waals surface area contributed by atoms with Crippen molar-refractivity contribution in [2.45, 2.75) is 24.9 Å². The van der Waals surface area contributed by atoms with E-state index in [4.69, 9.17) is 9.47 Å². The van der Waals surface area contributed by atoms with Gasteiger partial charge < -0.3 is 14.6 Å². The summed E-state index contributed by atoms with van der Waals surface area (Å²) in [5, 5.41) is 9.23. The predicted octanol–water partition coefficient (Wildman–Crippen LogP) is 1.81. The monoisotopic (exact) mass is 238 g/mol. The van der Waals surface area contributed by atoms with Crippen molar-refractivity contribution in [3.63, 3.8) is 0 Å². The second-order valence-corrected chi connectivity index (χ2v) is 4.40. The van der Waals surface area contributed by atoms with Crippen molar-refractivity contribution in [1.82, 2.24) is 0 Å². The summed E-state index contributed by atoms with van der Waals surface area (Å²) in [6.07, 6.45) is 0.936. The molecule has 1 aliphatic carbocycles. The van der Waals surface area contributed by atoms with E-state index in [1.807, 2.05) is 0 Å². The van der Waals surface area contributed by atoms with E-state index in [1.54, 1.807) is 0 Å². The molecule has 0 aromatic heterocycles. The maximum Gasteiger partial charge on any atom is 0.314 e. The smallest absolute Gasteiger partial charge is 0.314 e. The van der Waals surface area contributed by atoms with Gasteiger partial charge in [0.2, 0.25) is 0 Å². The molecule has 4 nitrogen and oxygen atoms in total. The van der Waals surface area contributed by atoms with Crippen LogP contribution in [0.4, 0.5) is 4.39 Å². The lowest BCUT2D eigenvalue weighted by Crippen LogP contribution is -2.25. The summed E-state index contributed by atoms with van der Waals surface area (Å²) in [7, 11) is 0. The molecule has 0 atom stereocenters. The number of hydrogen-bond acceptors (Lipinski definition) is 3. The number of carboxylic acid groups (broad SMARTS) is 1. The molecule has 0 spiro atoms. The van der Waals surface area contributed by atoms with Gasteiger partial charge in [0.25, 0.3) is 0 Å². The quantitative estimate of drug-likeness (QED) is 0.853. The Balaban J connectivity index is 2.18. The normalized spacial score (nSPS) is 20.3. The molecule has 17 heavy (non-hydrogen) atoms. The van der Waals surface area contributed by atoms with Crippen LogP contribution in [0.25, 0.3) is 0 Å². The highest BCUT2D eigenvalue weighted by Gasteiger charge is 2.55. The Labute approximate surface area is 97.0 Å². The maximum atomic E-state index is 13.9. The van der Waals surface area contributed by atoms with Gasteiger partial charge in [-0.15, -0.1) is 0 Å². The van der Waals surface area contributed by atoms with Gasteiger partial charge in [-0.05, 0) is 25.0 Å². The average molecular weight is 238 g/mol. The first-order chi connectivity index (χ1) is 8.15. The minimum Gasteiger partial charge on any atom is -0.481 e. The van der Waals surface area contributed by atoms with Crippen molar-refractivity contribution in [3.8, 4) is 5.75 Å². The predicted molar refractivity (Wildman–Crippen MR) is 55.2 cm³/mol. The Morgan fingerprint density at radius 3 is 2.82 bits per heavy atom. The zero-order valence-corrected chi connectivity index (χ0v) is 9.03. The minimum atomic E-state index is -1.07. The Kier molecular flexibility index (Phi) is 2.13. The first-order valence-corrected chi connectivity index (χ1v) is 5.41. The third-order valence-electron chi connectivity index (χ3n) is 3.40. The van der Waals surface area contributed by atoms with Gasteiger partial charge in [0.15, 0.2) is 6.79 Å². The fourth-order valence-corrected chi connectivity index (χ4v) is 2.34. The molecule has 0 amide bonds. The summed E-state index contributed by atoms with van der Waals surface area (Å²) in [6, 6.07) is 2.79. The number of carbonyl (C=O) groups is 1. The standard InChI is InChI=1S/C12H11FO4/c13-8-1-2-9-7(5-16-6-17-9)10(8)12(3-4-12)11(14)15/h1-2H,3-6H2,(H,14,15). The summed E-state index contributed by atoms with van der Waals surface area (Å²) in [4.78, 5) is 11.3. The number of rotatable bonds is 2. The Morgan fingerprint density at radius 1 is 1.41 bits per heavy atom. The second-order valence-electron chi connectivity index (χ2n) is 4.40. The van der Waals surface area contributed by atoms with Crippen LogP contribution in [0.15, 0.2) is 12.1 Å². The van der Waals surface area contributed by atoms with Crippen LogP contribution in [0.2, 0.25) is 0 Å². The van der Waals surface area contributed by atoms with Crippen LogP contribution in [-0.4, -0.2) is 17.9 Å². The molecular formula is C12H11FO4. The van der Waals surface area contributed by atoms with Gasteiger partial charge in [-0.3, -0.25) is 4.79 Å². The van der Waals surface area contributed by atoms with E-state index in [-0.39, 0.29) is 19.0 Å². The highest BCUT2D eigenvalue weighted by atomic mass is 19.1. The molecule has 5 heteroatoms. The Bertz CT molecular complexity index is 494. The fraction of sp³-hybridized carbons (Fsp3) is 0.417. The third-order valence-corrected chi connectivity index (χ3v) is 3.40. The van der Waals surface area contributed by atoms with Crippen LogP contribution in [0.1, 0.15) is 24.0 Å². The van der Waals surface area contributed by atoms with Crippen molar-refractivity contribution in [2.75, 3.05) is 6.79 Å². The highest BCUT2D eigenvalue weighted by Crippen LogP contribution is 2.52. The topological polar surface area (TPSA) is 55.8 Å². The van der Waals surface area contributed by atoms with Gasteiger partial charge in [0, 0.05) is 11.1 Å². The first kappa shape index (κ1) is 10.5. The van der Waals surface area contributed by atoms with Crippen LogP contribution < -0.4 is 4.74 Å². The number of benzene rings is 1. The fourth-order valence-electron chi connectivity index (χ4n) is 2.34. The number of carboxylic acids is 1. The molecule has 0 saturated heterocycles. The van der Waals surface area contributed by atoms with Crippen molar-refractivity contribution >= 4 is 5.97 Å². The molecule has 1 N–H and O–H groups in total. The third kappa shape index (κ3) is 1.42. The summed E-state index contributed by atoms with van der Waals surface area (Å²) in [5.41, 5.74) is -0.294. The number of halogens is 1. The molecule has 1 aromatic carbocycles. The highest BCUT2D eigenvalue weighted by molar-refractivity contribution is 5.86. The summed E-state index contributed by atoms with van der Waals surface area (Å²) in [5.74, 6) is -0.937. The van der Waals surface area contributed by atoms with Gasteiger partial charge in [0.1, 0.15) is 11.6 Å². The van der Waals surface area contributed by atoms with E-state index >= 15 is 0 Å². The van der Waals surface area contributed by atoms with Crippen molar-refractivity contribution in [2.24, 2.45) is 0 Å². The number of hydrogen-bond donors (Lipinski definition) is 1. The SMILES string of the molecule is O=C(O)C1(c2c(F)ccc3c2COCO3)CC1. The molecule has 0 radical (unpaired) electrons. The van der Waals surface area contributed by atoms with E-state index in [0.717, 1.165) is 0 Å². The lowest BCUT2D eigenvalue weighted by molar-refractivity contribution is -0.140. The van der Waals surface area contributed by atoms with E-state index in [0.29, 0.717) is 24.2 Å². The van der Waals surface area contributed by atoms with Crippen molar-refractivity contribution in [1.29, 1.82) is 0 Å². The average Bonchev–Trinajstić information content (AvgIpc) is 3.10. The summed E-state index contributed by atoms with van der Waals surface area (Å²) in [6.45, 7) is 0.329. The Morgan fingerprint density at radius 2 is 2.18 bits per heavy atom. The second kappa shape index (κ2) is 3.43. The minimum absolute atomic E-state index is 0.123. The molecule has 1 fully saturated rings. The van der Waals surface area contributed by atoms with Crippen LogP contribution in [0.5, 0.6) is 5.75 Å². The molecule has 0 bridgehead atoms. The van der Waals surface area contributed by atoms with Crippen LogP contribution in [0, 0.1) is 5.82 Å². The first-order valence-electron chi connectivity index (χ1n) is 5.41. The Hall–Kier alpha value is -1.62. The van der Waals surface area contributed by atoms with Gasteiger partial charge in [-0.1, -0.05) is 0 Å². The van der Waals surface area contributed by atoms with Crippen LogP contribution in [0.3, 0.4) is 0 Å². The molecule has 1 aromatic rings.